The molecule has 0 atom stereocenters. The molecular weight excluding hydrogens is 289 g/mol. The van der Waals surface area contributed by atoms with E-state index in [1.165, 1.54) is 22.6 Å². The van der Waals surface area contributed by atoms with E-state index in [1.54, 1.807) is 0 Å². The van der Waals surface area contributed by atoms with Crippen LogP contribution in [0.15, 0.2) is 6.07 Å². The Labute approximate surface area is 78.9 Å². The molecule has 1 rings (SSSR count). The fourth-order valence-corrected chi connectivity index (χ4v) is 1.16. The van der Waals surface area contributed by atoms with Gasteiger partial charge >= 0.3 is 0 Å². The average Bonchev–Trinajstić information content (AvgIpc) is 1.96. The molecule has 0 spiro atoms. The van der Waals surface area contributed by atoms with Gasteiger partial charge in [0.1, 0.15) is 9.39 Å². The molecule has 0 saturated heterocycles. The molecule has 0 aromatic carbocycles. The minimum Gasteiger partial charge on any atom is -0.238 e. The molecule has 0 unspecified atom stereocenters. The molecule has 66 valence electrons. The zero-order valence-electron chi connectivity index (χ0n) is 5.49. The molecule has 1 heterocycles. The van der Waals surface area contributed by atoms with E-state index in [0.717, 1.165) is 6.07 Å². The Morgan fingerprint density at radius 2 is 1.92 bits per heavy atom. The molecule has 0 saturated carbocycles. The lowest BCUT2D eigenvalue weighted by Gasteiger charge is -2.01. The molecule has 1 aromatic heterocycles. The highest BCUT2D eigenvalue weighted by Gasteiger charge is 2.19. The van der Waals surface area contributed by atoms with Crippen molar-refractivity contribution in [3.8, 4) is 0 Å². The molecule has 0 fully saturated rings. The van der Waals surface area contributed by atoms with Crippen molar-refractivity contribution in [3.05, 3.63) is 27.1 Å². The molecule has 6 heteroatoms. The average molecular weight is 291 g/mol. The molecule has 1 nitrogen and oxygen atoms in total. The van der Waals surface area contributed by atoms with Crippen LogP contribution in [0.5, 0.6) is 0 Å². The van der Waals surface area contributed by atoms with Crippen LogP contribution in [-0.2, 0) is 0 Å². The maximum absolute atomic E-state index is 12.5. The van der Waals surface area contributed by atoms with Crippen LogP contribution in [0.3, 0.4) is 0 Å². The van der Waals surface area contributed by atoms with Crippen LogP contribution in [-0.4, -0.2) is 4.98 Å². The second-order valence-corrected chi connectivity index (χ2v) is 3.03. The number of pyridine rings is 1. The zero-order valence-corrected chi connectivity index (χ0v) is 7.65. The Morgan fingerprint density at radius 3 is 2.42 bits per heavy atom. The third-order valence-corrected chi connectivity index (χ3v) is 1.67. The Bertz CT molecular complexity index is 302. The molecule has 0 radical (unpaired) electrons. The topological polar surface area (TPSA) is 12.9 Å². The van der Waals surface area contributed by atoms with Crippen molar-refractivity contribution in [2.75, 3.05) is 0 Å². The smallest absolute Gasteiger partial charge is 0.238 e. The van der Waals surface area contributed by atoms with E-state index in [9.17, 15) is 17.6 Å². The fraction of sp³-hybridized carbons (Fsp3) is 0.167. The first kappa shape index (κ1) is 9.69. The minimum absolute atomic E-state index is 0.00167. The number of halogens is 5. The first-order valence-electron chi connectivity index (χ1n) is 2.82. The summed E-state index contributed by atoms with van der Waals surface area (Å²) in [5, 5.41) is 0. The van der Waals surface area contributed by atoms with Crippen molar-refractivity contribution in [2.45, 2.75) is 6.43 Å². The second-order valence-electron chi connectivity index (χ2n) is 1.93. The minimum atomic E-state index is -3.09. The Morgan fingerprint density at radius 1 is 1.33 bits per heavy atom. The maximum atomic E-state index is 12.5. The van der Waals surface area contributed by atoms with E-state index < -0.39 is 23.8 Å². The molecule has 0 bridgehead atoms. The summed E-state index contributed by atoms with van der Waals surface area (Å²) in [7, 11) is 0. The van der Waals surface area contributed by atoms with Crippen LogP contribution in [0, 0.1) is 15.3 Å². The SMILES string of the molecule is Fc1cc(I)nc(C(F)F)c1F. The standard InChI is InChI=1S/C6H2F4IN/c7-2-1-3(11)12-5(4(2)8)6(9)10/h1,6H. The highest BCUT2D eigenvalue weighted by atomic mass is 127. The van der Waals surface area contributed by atoms with Gasteiger partial charge in [-0.15, -0.1) is 0 Å². The maximum Gasteiger partial charge on any atom is 0.283 e. The number of hydrogen-bond acceptors (Lipinski definition) is 1. The number of alkyl halides is 2. The molecule has 0 aliphatic heterocycles. The normalized spacial score (nSPS) is 10.8. The Kier molecular flexibility index (Phi) is 2.86. The largest absolute Gasteiger partial charge is 0.283 e. The van der Waals surface area contributed by atoms with Crippen LogP contribution in [0.4, 0.5) is 17.6 Å². The summed E-state index contributed by atoms with van der Waals surface area (Å²) < 4.78 is 48.8. The van der Waals surface area contributed by atoms with Crippen molar-refractivity contribution >= 4 is 22.6 Å². The Balaban J connectivity index is 3.28. The highest BCUT2D eigenvalue weighted by molar-refractivity contribution is 14.1. The lowest BCUT2D eigenvalue weighted by molar-refractivity contribution is 0.139. The highest BCUT2D eigenvalue weighted by Crippen LogP contribution is 2.22. The van der Waals surface area contributed by atoms with Gasteiger partial charge in [-0.05, 0) is 22.6 Å². The summed E-state index contributed by atoms with van der Waals surface area (Å²) >= 11 is 1.53. The summed E-state index contributed by atoms with van der Waals surface area (Å²) in [5.41, 5.74) is -1.14. The lowest BCUT2D eigenvalue weighted by atomic mass is 10.3. The van der Waals surface area contributed by atoms with Gasteiger partial charge in [-0.2, -0.15) is 0 Å². The molecule has 0 aliphatic carbocycles. The van der Waals surface area contributed by atoms with Crippen molar-refractivity contribution in [3.63, 3.8) is 0 Å². The van der Waals surface area contributed by atoms with Crippen molar-refractivity contribution in [1.29, 1.82) is 0 Å². The van der Waals surface area contributed by atoms with E-state index in [-0.39, 0.29) is 3.70 Å². The van der Waals surface area contributed by atoms with E-state index in [4.69, 9.17) is 0 Å². The predicted molar refractivity (Wildman–Crippen MR) is 41.8 cm³/mol. The fourth-order valence-electron chi connectivity index (χ4n) is 0.631. The van der Waals surface area contributed by atoms with Crippen LogP contribution in [0.2, 0.25) is 0 Å². The molecule has 12 heavy (non-hydrogen) atoms. The molecule has 0 aliphatic rings. The van der Waals surface area contributed by atoms with Gasteiger partial charge in [-0.25, -0.2) is 22.5 Å². The summed E-state index contributed by atoms with van der Waals surface area (Å²) in [6.45, 7) is 0. The predicted octanol–water partition coefficient (Wildman–Crippen LogP) is 2.90. The summed E-state index contributed by atoms with van der Waals surface area (Å²) in [5.74, 6) is -2.88. The van der Waals surface area contributed by atoms with Crippen molar-refractivity contribution in [2.24, 2.45) is 0 Å². The van der Waals surface area contributed by atoms with Gasteiger partial charge < -0.3 is 0 Å². The molecule has 0 N–H and O–H groups in total. The lowest BCUT2D eigenvalue weighted by Crippen LogP contribution is -2.00. The number of aromatic nitrogens is 1. The van der Waals surface area contributed by atoms with Gasteiger partial charge in [0.25, 0.3) is 6.43 Å². The molecular formula is C6H2F4IN. The monoisotopic (exact) mass is 291 g/mol. The summed E-state index contributed by atoms with van der Waals surface area (Å²) in [6, 6.07) is 0.752. The third kappa shape index (κ3) is 1.85. The van der Waals surface area contributed by atoms with Gasteiger partial charge in [0.2, 0.25) is 0 Å². The van der Waals surface area contributed by atoms with Crippen molar-refractivity contribution in [1.82, 2.24) is 4.98 Å². The van der Waals surface area contributed by atoms with E-state index >= 15 is 0 Å². The van der Waals surface area contributed by atoms with Crippen LogP contribution < -0.4 is 0 Å². The zero-order chi connectivity index (χ0) is 9.30. The number of nitrogens with zero attached hydrogens (tertiary/aromatic N) is 1. The first-order chi connectivity index (χ1) is 5.52. The van der Waals surface area contributed by atoms with Gasteiger partial charge in [-0.1, -0.05) is 0 Å². The van der Waals surface area contributed by atoms with Gasteiger partial charge in [0.15, 0.2) is 11.6 Å². The number of rotatable bonds is 1. The van der Waals surface area contributed by atoms with Gasteiger partial charge in [-0.3, -0.25) is 0 Å². The van der Waals surface area contributed by atoms with Gasteiger partial charge in [0.05, 0.1) is 0 Å². The quantitative estimate of drug-likeness (QED) is 0.440. The third-order valence-electron chi connectivity index (χ3n) is 1.11. The van der Waals surface area contributed by atoms with Crippen LogP contribution in [0.25, 0.3) is 0 Å². The van der Waals surface area contributed by atoms with Gasteiger partial charge in [0, 0.05) is 6.07 Å². The molecule has 0 amide bonds. The summed E-state index contributed by atoms with van der Waals surface area (Å²) in [4.78, 5) is 3.15. The van der Waals surface area contributed by atoms with Crippen molar-refractivity contribution < 1.29 is 17.6 Å². The second kappa shape index (κ2) is 3.55. The van der Waals surface area contributed by atoms with Crippen LogP contribution in [0.1, 0.15) is 12.1 Å². The van der Waals surface area contributed by atoms with E-state index in [1.807, 2.05) is 0 Å². The van der Waals surface area contributed by atoms with E-state index in [2.05, 4.69) is 4.98 Å². The van der Waals surface area contributed by atoms with E-state index in [0.29, 0.717) is 0 Å². The molecule has 1 aromatic rings. The number of hydrogen-bond donors (Lipinski definition) is 0. The van der Waals surface area contributed by atoms with Crippen LogP contribution >= 0.6 is 22.6 Å². The Hall–Kier alpha value is -0.400. The summed E-state index contributed by atoms with van der Waals surface area (Å²) in [6.07, 6.45) is -3.09. The first-order valence-corrected chi connectivity index (χ1v) is 3.90.